The number of carbonyl (C=O) groups excluding carboxylic acids is 1. The highest BCUT2D eigenvalue weighted by molar-refractivity contribution is 6.04. The van der Waals surface area contributed by atoms with E-state index in [9.17, 15) is 4.79 Å². The fourth-order valence-electron chi connectivity index (χ4n) is 3.64. The minimum Gasteiger partial charge on any atom is -0.493 e. The molecule has 0 saturated heterocycles. The first-order chi connectivity index (χ1) is 16.5. The second-order valence-electron chi connectivity index (χ2n) is 7.24. The lowest BCUT2D eigenvalue weighted by Crippen LogP contribution is -2.20. The molecule has 0 unspecified atom stereocenters. The number of hydrogen-bond acceptors (Lipinski definition) is 7. The molecule has 9 nitrogen and oxygen atoms in total. The van der Waals surface area contributed by atoms with E-state index in [2.05, 4.69) is 15.8 Å². The number of amides is 2. The Hall–Kier alpha value is -4.40. The minimum atomic E-state index is -0.405. The Morgan fingerprint density at radius 3 is 2.44 bits per heavy atom. The maximum absolute atomic E-state index is 12.6. The van der Waals surface area contributed by atoms with Crippen LogP contribution in [0.1, 0.15) is 13.8 Å². The molecule has 4 N–H and O–H groups in total. The number of benzene rings is 3. The number of nitrogen functional groups attached to an aromatic ring is 1. The molecular formula is C25H26N4O5. The molecule has 3 aromatic carbocycles. The number of ether oxygens (including phenoxy) is 3. The van der Waals surface area contributed by atoms with E-state index in [4.69, 9.17) is 24.5 Å². The molecule has 9 heteroatoms. The summed E-state index contributed by atoms with van der Waals surface area (Å²) in [6.07, 6.45) is 0. The van der Waals surface area contributed by atoms with E-state index in [1.54, 1.807) is 43.5 Å². The average molecular weight is 463 g/mol. The smallest absolute Gasteiger partial charge is 0.323 e. The van der Waals surface area contributed by atoms with Gasteiger partial charge in [-0.25, -0.2) is 4.79 Å². The zero-order valence-electron chi connectivity index (χ0n) is 19.2. The summed E-state index contributed by atoms with van der Waals surface area (Å²) in [7, 11) is 1.56. The molecule has 0 fully saturated rings. The highest BCUT2D eigenvalue weighted by Gasteiger charge is 2.17. The summed E-state index contributed by atoms with van der Waals surface area (Å²) >= 11 is 0. The highest BCUT2D eigenvalue weighted by Crippen LogP contribution is 2.38. The Morgan fingerprint density at radius 2 is 1.74 bits per heavy atom. The first-order valence-electron chi connectivity index (χ1n) is 10.8. The van der Waals surface area contributed by atoms with Crippen molar-refractivity contribution in [2.45, 2.75) is 13.8 Å². The molecule has 0 aliphatic carbocycles. The lowest BCUT2D eigenvalue weighted by Gasteiger charge is -2.16. The molecule has 0 spiro atoms. The summed E-state index contributed by atoms with van der Waals surface area (Å²) in [5.74, 6) is 1.90. The fourth-order valence-corrected chi connectivity index (χ4v) is 3.64. The van der Waals surface area contributed by atoms with Gasteiger partial charge in [-0.15, -0.1) is 0 Å². The van der Waals surface area contributed by atoms with E-state index < -0.39 is 6.03 Å². The quantitative estimate of drug-likeness (QED) is 0.315. The molecule has 1 aromatic heterocycles. The average Bonchev–Trinajstić information content (AvgIpc) is 3.23. The van der Waals surface area contributed by atoms with E-state index in [-0.39, 0.29) is 5.82 Å². The number of hydrogen-bond donors (Lipinski definition) is 3. The molecule has 2 amide bonds. The van der Waals surface area contributed by atoms with E-state index in [0.717, 1.165) is 11.1 Å². The first-order valence-corrected chi connectivity index (χ1v) is 10.8. The molecular weight excluding hydrogens is 436 g/mol. The number of methoxy groups -OCH3 is 1. The van der Waals surface area contributed by atoms with Crippen molar-refractivity contribution in [2.24, 2.45) is 0 Å². The number of para-hydroxylation sites is 1. The molecule has 176 valence electrons. The van der Waals surface area contributed by atoms with Crippen molar-refractivity contribution < 1.29 is 23.5 Å². The maximum atomic E-state index is 12.6. The Bertz CT molecular complexity index is 1300. The Kier molecular flexibility index (Phi) is 6.72. The van der Waals surface area contributed by atoms with Crippen LogP contribution in [-0.2, 0) is 0 Å². The number of aromatic nitrogens is 1. The predicted octanol–water partition coefficient (Wildman–Crippen LogP) is 5.53. The van der Waals surface area contributed by atoms with Gasteiger partial charge in [0.2, 0.25) is 5.58 Å². The van der Waals surface area contributed by atoms with Gasteiger partial charge in [-0.3, -0.25) is 0 Å². The third-order valence-corrected chi connectivity index (χ3v) is 5.10. The van der Waals surface area contributed by atoms with Crippen LogP contribution in [0.2, 0.25) is 0 Å². The van der Waals surface area contributed by atoms with Gasteiger partial charge >= 0.3 is 6.03 Å². The normalized spacial score (nSPS) is 10.7. The van der Waals surface area contributed by atoms with Gasteiger partial charge in [0.15, 0.2) is 23.1 Å². The van der Waals surface area contributed by atoms with Crippen molar-refractivity contribution in [3.8, 4) is 28.4 Å². The number of urea groups is 1. The highest BCUT2D eigenvalue weighted by atomic mass is 16.5. The Morgan fingerprint density at radius 1 is 0.971 bits per heavy atom. The van der Waals surface area contributed by atoms with Crippen LogP contribution in [0.3, 0.4) is 0 Å². The SMILES string of the molecule is CCOc1cccc(NC(=O)Nc2ccc(-c3ccc(OC)c4onc(N)c34)cc2)c1OCC. The molecule has 0 aliphatic heterocycles. The number of anilines is 3. The van der Waals surface area contributed by atoms with Crippen LogP contribution in [0.4, 0.5) is 22.0 Å². The van der Waals surface area contributed by atoms with Crippen LogP contribution >= 0.6 is 0 Å². The Labute approximate surface area is 196 Å². The van der Waals surface area contributed by atoms with Crippen molar-refractivity contribution in [3.63, 3.8) is 0 Å². The second-order valence-corrected chi connectivity index (χ2v) is 7.24. The number of fused-ring (bicyclic) bond motifs is 1. The van der Waals surface area contributed by atoms with Gasteiger partial charge in [-0.1, -0.05) is 23.4 Å². The van der Waals surface area contributed by atoms with Crippen molar-refractivity contribution in [3.05, 3.63) is 54.6 Å². The van der Waals surface area contributed by atoms with Crippen molar-refractivity contribution in [2.75, 3.05) is 36.7 Å². The molecule has 34 heavy (non-hydrogen) atoms. The van der Waals surface area contributed by atoms with Gasteiger partial charge in [0.25, 0.3) is 0 Å². The van der Waals surface area contributed by atoms with E-state index in [1.165, 1.54) is 0 Å². The zero-order chi connectivity index (χ0) is 24.1. The summed E-state index contributed by atoms with van der Waals surface area (Å²) in [5.41, 5.74) is 9.38. The maximum Gasteiger partial charge on any atom is 0.323 e. The number of carbonyl (C=O) groups is 1. The van der Waals surface area contributed by atoms with Gasteiger partial charge in [-0.2, -0.15) is 0 Å². The van der Waals surface area contributed by atoms with E-state index >= 15 is 0 Å². The lowest BCUT2D eigenvalue weighted by atomic mass is 10.0. The van der Waals surface area contributed by atoms with Gasteiger partial charge in [0, 0.05) is 5.69 Å². The molecule has 0 atom stereocenters. The molecule has 4 rings (SSSR count). The number of rotatable bonds is 8. The van der Waals surface area contributed by atoms with E-state index in [0.29, 0.717) is 52.8 Å². The lowest BCUT2D eigenvalue weighted by molar-refractivity contribution is 0.261. The molecule has 0 aliphatic rings. The van der Waals surface area contributed by atoms with Crippen LogP contribution in [0.5, 0.6) is 17.2 Å². The second kappa shape index (κ2) is 10.0. The summed E-state index contributed by atoms with van der Waals surface area (Å²) in [4.78, 5) is 12.6. The molecule has 0 bridgehead atoms. The van der Waals surface area contributed by atoms with Crippen molar-refractivity contribution in [1.82, 2.24) is 5.16 Å². The van der Waals surface area contributed by atoms with Crippen molar-refractivity contribution >= 4 is 34.2 Å². The molecule has 0 saturated carbocycles. The van der Waals surface area contributed by atoms with Crippen LogP contribution in [0.25, 0.3) is 22.1 Å². The van der Waals surface area contributed by atoms with Gasteiger partial charge in [0.1, 0.15) is 0 Å². The van der Waals surface area contributed by atoms with E-state index in [1.807, 2.05) is 32.0 Å². The minimum absolute atomic E-state index is 0.282. The van der Waals surface area contributed by atoms with Gasteiger partial charge < -0.3 is 35.1 Å². The summed E-state index contributed by atoms with van der Waals surface area (Å²) < 4.78 is 22.0. The Balaban J connectivity index is 1.52. The largest absolute Gasteiger partial charge is 0.493 e. The van der Waals surface area contributed by atoms with Crippen LogP contribution in [0, 0.1) is 0 Å². The number of nitrogens with two attached hydrogens (primary N) is 1. The predicted molar refractivity (Wildman–Crippen MR) is 132 cm³/mol. The van der Waals surface area contributed by atoms with Crippen LogP contribution < -0.4 is 30.6 Å². The van der Waals surface area contributed by atoms with Crippen LogP contribution in [0.15, 0.2) is 59.1 Å². The zero-order valence-corrected chi connectivity index (χ0v) is 19.2. The first kappa shape index (κ1) is 22.8. The molecule has 4 aromatic rings. The summed E-state index contributed by atoms with van der Waals surface area (Å²) in [6.45, 7) is 4.69. The van der Waals surface area contributed by atoms with Crippen LogP contribution in [-0.4, -0.2) is 31.5 Å². The monoisotopic (exact) mass is 462 g/mol. The van der Waals surface area contributed by atoms with Gasteiger partial charge in [0.05, 0.1) is 31.4 Å². The topological polar surface area (TPSA) is 121 Å². The number of nitrogens with one attached hydrogen (secondary N) is 2. The molecule has 0 radical (unpaired) electrons. The summed E-state index contributed by atoms with van der Waals surface area (Å²) in [6, 6.07) is 16.0. The standard InChI is InChI=1S/C25H26N4O5/c1-4-32-20-8-6-7-18(22(20)33-5-2)28-25(30)27-16-11-9-15(10-12-16)17-13-14-19(31-3)23-21(17)24(26)29-34-23/h6-14H,4-5H2,1-3H3,(H2,26,29)(H2,27,28,30). The number of nitrogens with zero attached hydrogens (tertiary/aromatic N) is 1. The van der Waals surface area contributed by atoms with Crippen molar-refractivity contribution in [1.29, 1.82) is 0 Å². The molecule has 1 heterocycles. The fraction of sp³-hybridized carbons (Fsp3) is 0.200. The summed E-state index contributed by atoms with van der Waals surface area (Å²) in [5, 5.41) is 10.2. The third kappa shape index (κ3) is 4.54. The van der Waals surface area contributed by atoms with Gasteiger partial charge in [-0.05, 0) is 61.4 Å². The third-order valence-electron chi connectivity index (χ3n) is 5.10.